The summed E-state index contributed by atoms with van der Waals surface area (Å²) in [6, 6.07) is 6.17. The van der Waals surface area contributed by atoms with E-state index in [-0.39, 0.29) is 18.8 Å². The number of rotatable bonds is 3. The third-order valence-electron chi connectivity index (χ3n) is 2.03. The van der Waals surface area contributed by atoms with E-state index in [1.54, 1.807) is 12.1 Å². The van der Waals surface area contributed by atoms with Crippen LogP contribution in [0.5, 0.6) is 5.75 Å². The summed E-state index contributed by atoms with van der Waals surface area (Å²) in [7, 11) is 0. The lowest BCUT2D eigenvalue weighted by atomic mass is 9.98. The van der Waals surface area contributed by atoms with Crippen LogP contribution in [0.1, 0.15) is 23.6 Å². The van der Waals surface area contributed by atoms with Gasteiger partial charge in [0.25, 0.3) is 0 Å². The van der Waals surface area contributed by atoms with Gasteiger partial charge in [0.05, 0.1) is 19.1 Å². The summed E-state index contributed by atoms with van der Waals surface area (Å²) in [5.74, 6) is 0.0271. The number of benzene rings is 1. The van der Waals surface area contributed by atoms with Gasteiger partial charge in [0.1, 0.15) is 5.75 Å². The first kappa shape index (κ1) is 10.5. The van der Waals surface area contributed by atoms with Crippen molar-refractivity contribution in [1.82, 2.24) is 0 Å². The highest BCUT2D eigenvalue weighted by molar-refractivity contribution is 5.41. The SMILES string of the molecule is N#CCC(N)c1c(O)cccc1CO. The number of hydrogen-bond acceptors (Lipinski definition) is 4. The molecule has 74 valence electrons. The second kappa shape index (κ2) is 4.61. The van der Waals surface area contributed by atoms with E-state index in [9.17, 15) is 5.11 Å². The number of aliphatic hydroxyl groups excluding tert-OH is 1. The molecule has 14 heavy (non-hydrogen) atoms. The summed E-state index contributed by atoms with van der Waals surface area (Å²) in [6.07, 6.45) is 0.116. The number of phenolic OH excluding ortho intramolecular Hbond substituents is 1. The fourth-order valence-corrected chi connectivity index (χ4v) is 1.37. The fourth-order valence-electron chi connectivity index (χ4n) is 1.37. The van der Waals surface area contributed by atoms with Crippen molar-refractivity contribution in [3.05, 3.63) is 29.3 Å². The van der Waals surface area contributed by atoms with E-state index in [1.165, 1.54) is 6.07 Å². The molecule has 0 aliphatic rings. The molecule has 1 atom stereocenters. The average Bonchev–Trinajstić information content (AvgIpc) is 2.17. The summed E-state index contributed by atoms with van der Waals surface area (Å²) in [4.78, 5) is 0. The summed E-state index contributed by atoms with van der Waals surface area (Å²) >= 11 is 0. The van der Waals surface area contributed by atoms with E-state index in [0.717, 1.165) is 0 Å². The van der Waals surface area contributed by atoms with Gasteiger partial charge >= 0.3 is 0 Å². The molecule has 0 bridgehead atoms. The van der Waals surface area contributed by atoms with E-state index in [1.807, 2.05) is 6.07 Å². The van der Waals surface area contributed by atoms with Gasteiger partial charge in [0.15, 0.2) is 0 Å². The Bertz CT molecular complexity index is 358. The van der Waals surface area contributed by atoms with Gasteiger partial charge in [-0.15, -0.1) is 0 Å². The quantitative estimate of drug-likeness (QED) is 0.660. The molecule has 0 saturated heterocycles. The lowest BCUT2D eigenvalue weighted by molar-refractivity contribution is 0.278. The molecule has 0 spiro atoms. The minimum atomic E-state index is -0.552. The first-order chi connectivity index (χ1) is 6.70. The first-order valence-corrected chi connectivity index (χ1v) is 4.24. The molecule has 1 unspecified atom stereocenters. The molecule has 1 rings (SSSR count). The number of hydrogen-bond donors (Lipinski definition) is 3. The van der Waals surface area contributed by atoms with Crippen molar-refractivity contribution in [1.29, 1.82) is 5.26 Å². The van der Waals surface area contributed by atoms with Crippen LogP contribution in [0.3, 0.4) is 0 Å². The Morgan fingerprint density at radius 3 is 2.79 bits per heavy atom. The van der Waals surface area contributed by atoms with Crippen molar-refractivity contribution >= 4 is 0 Å². The summed E-state index contributed by atoms with van der Waals surface area (Å²) in [5.41, 5.74) is 6.71. The summed E-state index contributed by atoms with van der Waals surface area (Å²) in [6.45, 7) is -0.192. The summed E-state index contributed by atoms with van der Waals surface area (Å²) in [5, 5.41) is 27.0. The second-order valence-corrected chi connectivity index (χ2v) is 2.98. The first-order valence-electron chi connectivity index (χ1n) is 4.24. The van der Waals surface area contributed by atoms with E-state index in [4.69, 9.17) is 16.1 Å². The Morgan fingerprint density at radius 1 is 1.50 bits per heavy atom. The third-order valence-corrected chi connectivity index (χ3v) is 2.03. The zero-order valence-electron chi connectivity index (χ0n) is 7.64. The van der Waals surface area contributed by atoms with Crippen LogP contribution in [-0.2, 0) is 6.61 Å². The molecule has 0 amide bonds. The maximum absolute atomic E-state index is 9.52. The van der Waals surface area contributed by atoms with Crippen LogP contribution in [-0.4, -0.2) is 10.2 Å². The van der Waals surface area contributed by atoms with Gasteiger partial charge in [-0.2, -0.15) is 5.26 Å². The van der Waals surface area contributed by atoms with E-state index < -0.39 is 6.04 Å². The molecule has 0 heterocycles. The van der Waals surface area contributed by atoms with E-state index in [2.05, 4.69) is 0 Å². The van der Waals surface area contributed by atoms with Crippen LogP contribution in [0.25, 0.3) is 0 Å². The highest BCUT2D eigenvalue weighted by Gasteiger charge is 2.14. The molecule has 0 aromatic heterocycles. The van der Waals surface area contributed by atoms with Crippen LogP contribution < -0.4 is 5.73 Å². The topological polar surface area (TPSA) is 90.3 Å². The number of nitrogens with zero attached hydrogens (tertiary/aromatic N) is 1. The Morgan fingerprint density at radius 2 is 2.21 bits per heavy atom. The van der Waals surface area contributed by atoms with Crippen LogP contribution in [0.15, 0.2) is 18.2 Å². The zero-order valence-corrected chi connectivity index (χ0v) is 7.64. The molecule has 0 aliphatic heterocycles. The molecule has 0 radical (unpaired) electrons. The van der Waals surface area contributed by atoms with Gasteiger partial charge in [0, 0.05) is 11.6 Å². The predicted octanol–water partition coefficient (Wildman–Crippen LogP) is 0.798. The van der Waals surface area contributed by atoms with Crippen LogP contribution in [0.4, 0.5) is 0 Å². The molecular weight excluding hydrogens is 180 g/mol. The molecule has 0 fully saturated rings. The van der Waals surface area contributed by atoms with Gasteiger partial charge < -0.3 is 15.9 Å². The number of nitrogens with two attached hydrogens (primary N) is 1. The van der Waals surface area contributed by atoms with Gasteiger partial charge in [-0.1, -0.05) is 12.1 Å². The van der Waals surface area contributed by atoms with Crippen molar-refractivity contribution < 1.29 is 10.2 Å². The highest BCUT2D eigenvalue weighted by atomic mass is 16.3. The van der Waals surface area contributed by atoms with Crippen molar-refractivity contribution in [3.8, 4) is 11.8 Å². The monoisotopic (exact) mass is 192 g/mol. The lowest BCUT2D eigenvalue weighted by Crippen LogP contribution is -2.12. The van der Waals surface area contributed by atoms with Gasteiger partial charge in [-0.3, -0.25) is 0 Å². The van der Waals surface area contributed by atoms with Gasteiger partial charge in [-0.05, 0) is 11.6 Å². The van der Waals surface area contributed by atoms with Gasteiger partial charge in [0.2, 0.25) is 0 Å². The third kappa shape index (κ3) is 2.02. The number of nitriles is 1. The van der Waals surface area contributed by atoms with Crippen molar-refractivity contribution in [2.45, 2.75) is 19.1 Å². The van der Waals surface area contributed by atoms with Crippen molar-refractivity contribution in [3.63, 3.8) is 0 Å². The van der Waals surface area contributed by atoms with Gasteiger partial charge in [-0.25, -0.2) is 0 Å². The molecule has 1 aromatic carbocycles. The average molecular weight is 192 g/mol. The predicted molar refractivity (Wildman–Crippen MR) is 51.2 cm³/mol. The van der Waals surface area contributed by atoms with Crippen LogP contribution in [0, 0.1) is 11.3 Å². The molecule has 0 saturated carbocycles. The number of phenols is 1. The molecule has 4 nitrogen and oxygen atoms in total. The zero-order chi connectivity index (χ0) is 10.6. The standard InChI is InChI=1S/C10H12N2O2/c11-5-4-8(12)10-7(6-13)2-1-3-9(10)14/h1-3,8,13-14H,4,6,12H2. The largest absolute Gasteiger partial charge is 0.508 e. The molecule has 1 aromatic rings. The summed E-state index contributed by atoms with van der Waals surface area (Å²) < 4.78 is 0. The molecule has 4 heteroatoms. The van der Waals surface area contributed by atoms with Crippen molar-refractivity contribution in [2.24, 2.45) is 5.73 Å². The molecule has 0 aliphatic carbocycles. The van der Waals surface area contributed by atoms with Crippen LogP contribution >= 0.6 is 0 Å². The Balaban J connectivity index is 3.11. The lowest BCUT2D eigenvalue weighted by Gasteiger charge is -2.14. The maximum atomic E-state index is 9.52. The number of aromatic hydroxyl groups is 1. The molecular formula is C10H12N2O2. The fraction of sp³-hybridized carbons (Fsp3) is 0.300. The second-order valence-electron chi connectivity index (χ2n) is 2.98. The Hall–Kier alpha value is -1.57. The Kier molecular flexibility index (Phi) is 3.46. The Labute approximate surface area is 82.2 Å². The van der Waals surface area contributed by atoms with E-state index >= 15 is 0 Å². The minimum absolute atomic E-state index is 0.0271. The minimum Gasteiger partial charge on any atom is -0.508 e. The smallest absolute Gasteiger partial charge is 0.120 e. The van der Waals surface area contributed by atoms with Crippen LogP contribution in [0.2, 0.25) is 0 Å². The number of aliphatic hydroxyl groups is 1. The maximum Gasteiger partial charge on any atom is 0.120 e. The van der Waals surface area contributed by atoms with Crippen molar-refractivity contribution in [2.75, 3.05) is 0 Å². The normalized spacial score (nSPS) is 12.1. The highest BCUT2D eigenvalue weighted by Crippen LogP contribution is 2.28. The molecule has 4 N–H and O–H groups in total. The van der Waals surface area contributed by atoms with E-state index in [0.29, 0.717) is 11.1 Å².